The van der Waals surface area contributed by atoms with E-state index in [0.29, 0.717) is 20.1 Å². The number of aromatic nitrogens is 2. The van der Waals surface area contributed by atoms with Crippen LogP contribution in [0.25, 0.3) is 11.4 Å². The molecule has 0 saturated heterocycles. The first kappa shape index (κ1) is 17.6. The second kappa shape index (κ2) is 7.32. The van der Waals surface area contributed by atoms with Crippen LogP contribution in [0.4, 0.5) is 4.39 Å². The Morgan fingerprint density at radius 2 is 1.96 bits per heavy atom. The summed E-state index contributed by atoms with van der Waals surface area (Å²) >= 11 is 6.42. The minimum absolute atomic E-state index is 0.0419. The van der Waals surface area contributed by atoms with E-state index in [0.717, 1.165) is 0 Å². The van der Waals surface area contributed by atoms with Gasteiger partial charge in [-0.1, -0.05) is 17.3 Å². The van der Waals surface area contributed by atoms with Crippen LogP contribution < -0.4 is 5.32 Å². The van der Waals surface area contributed by atoms with Crippen molar-refractivity contribution >= 4 is 37.8 Å². The molecule has 1 amide bonds. The molecule has 0 spiro atoms. The summed E-state index contributed by atoms with van der Waals surface area (Å²) in [4.78, 5) is 16.1. The molecule has 0 saturated carbocycles. The highest BCUT2D eigenvalue weighted by molar-refractivity contribution is 9.11. The van der Waals surface area contributed by atoms with Crippen molar-refractivity contribution in [2.45, 2.75) is 6.54 Å². The summed E-state index contributed by atoms with van der Waals surface area (Å²) in [6, 6.07) is 9.09. The van der Waals surface area contributed by atoms with Crippen molar-refractivity contribution in [3.63, 3.8) is 0 Å². The Balaban J connectivity index is 1.73. The van der Waals surface area contributed by atoms with E-state index in [4.69, 9.17) is 4.52 Å². The predicted molar refractivity (Wildman–Crippen MR) is 94.4 cm³/mol. The SMILES string of the molecule is O=C(NCc1cccc(F)c1)c1nc(-c2cc(Br)c(O)c(Br)c2)no1. The summed E-state index contributed by atoms with van der Waals surface area (Å²) < 4.78 is 19.0. The topological polar surface area (TPSA) is 88.2 Å². The number of nitrogens with zero attached hydrogens (tertiary/aromatic N) is 2. The fourth-order valence-electron chi connectivity index (χ4n) is 2.03. The quantitative estimate of drug-likeness (QED) is 0.600. The molecule has 9 heteroatoms. The Labute approximate surface area is 158 Å². The number of halogens is 3. The molecule has 0 atom stereocenters. The number of hydrogen-bond acceptors (Lipinski definition) is 5. The highest BCUT2D eigenvalue weighted by Gasteiger charge is 2.17. The van der Waals surface area contributed by atoms with Crippen molar-refractivity contribution in [2.75, 3.05) is 0 Å². The number of aromatic hydroxyl groups is 1. The molecule has 0 bridgehead atoms. The van der Waals surface area contributed by atoms with Gasteiger partial charge in [0.25, 0.3) is 0 Å². The predicted octanol–water partition coefficient (Wildman–Crippen LogP) is 4.04. The Bertz CT molecular complexity index is 923. The normalized spacial score (nSPS) is 10.7. The number of phenols is 1. The van der Waals surface area contributed by atoms with E-state index in [9.17, 15) is 14.3 Å². The molecule has 0 aliphatic rings. The molecular weight excluding hydrogens is 461 g/mol. The second-order valence-corrected chi connectivity index (χ2v) is 6.73. The van der Waals surface area contributed by atoms with Crippen LogP contribution in [0.1, 0.15) is 16.2 Å². The number of carbonyl (C=O) groups is 1. The largest absolute Gasteiger partial charge is 0.506 e. The number of nitrogens with one attached hydrogen (secondary N) is 1. The van der Waals surface area contributed by atoms with Crippen molar-refractivity contribution in [1.82, 2.24) is 15.5 Å². The molecular formula is C16H10Br2FN3O3. The lowest BCUT2D eigenvalue weighted by molar-refractivity contribution is 0.0907. The van der Waals surface area contributed by atoms with Gasteiger partial charge in [-0.15, -0.1) is 0 Å². The molecule has 0 unspecified atom stereocenters. The van der Waals surface area contributed by atoms with E-state index in [-0.39, 0.29) is 29.8 Å². The summed E-state index contributed by atoms with van der Waals surface area (Å²) in [7, 11) is 0. The lowest BCUT2D eigenvalue weighted by atomic mass is 10.2. The van der Waals surface area contributed by atoms with Gasteiger partial charge in [-0.25, -0.2) is 4.39 Å². The minimum Gasteiger partial charge on any atom is -0.506 e. The van der Waals surface area contributed by atoms with Crippen LogP contribution in [0.15, 0.2) is 49.9 Å². The first-order chi connectivity index (χ1) is 11.9. The van der Waals surface area contributed by atoms with Crippen LogP contribution in [-0.4, -0.2) is 21.2 Å². The molecule has 0 fully saturated rings. The van der Waals surface area contributed by atoms with Crippen LogP contribution >= 0.6 is 31.9 Å². The van der Waals surface area contributed by atoms with Gasteiger partial charge in [0.2, 0.25) is 5.82 Å². The third-order valence-corrected chi connectivity index (χ3v) is 4.45. The van der Waals surface area contributed by atoms with Gasteiger partial charge in [-0.05, 0) is 61.7 Å². The smallest absolute Gasteiger partial charge is 0.316 e. The highest BCUT2D eigenvalue weighted by atomic mass is 79.9. The first-order valence-corrected chi connectivity index (χ1v) is 8.57. The lowest BCUT2D eigenvalue weighted by Gasteiger charge is -2.02. The van der Waals surface area contributed by atoms with E-state index in [1.165, 1.54) is 12.1 Å². The van der Waals surface area contributed by atoms with Gasteiger partial charge < -0.3 is 14.9 Å². The van der Waals surface area contributed by atoms with Crippen molar-refractivity contribution in [3.8, 4) is 17.1 Å². The molecule has 25 heavy (non-hydrogen) atoms. The van der Waals surface area contributed by atoms with Crippen LogP contribution in [0, 0.1) is 5.82 Å². The maximum atomic E-state index is 13.1. The van der Waals surface area contributed by atoms with Gasteiger partial charge in [0.05, 0.1) is 8.95 Å². The number of rotatable bonds is 4. The van der Waals surface area contributed by atoms with Crippen LogP contribution in [0.5, 0.6) is 5.75 Å². The van der Waals surface area contributed by atoms with Gasteiger partial charge in [-0.3, -0.25) is 4.79 Å². The molecule has 1 heterocycles. The van der Waals surface area contributed by atoms with E-state index in [1.807, 2.05) is 0 Å². The van der Waals surface area contributed by atoms with Crippen LogP contribution in [-0.2, 0) is 6.54 Å². The standard InChI is InChI=1S/C16H10Br2FN3O3/c17-11-5-9(6-12(18)13(11)23)14-21-16(25-22-14)15(24)20-7-8-2-1-3-10(19)4-8/h1-6,23H,7H2,(H,20,24). The van der Waals surface area contributed by atoms with Gasteiger partial charge in [-0.2, -0.15) is 4.98 Å². The first-order valence-electron chi connectivity index (χ1n) is 6.99. The fraction of sp³-hybridized carbons (Fsp3) is 0.0625. The Kier molecular flexibility index (Phi) is 5.14. The molecule has 0 aliphatic carbocycles. The van der Waals surface area contributed by atoms with Crippen LogP contribution in [0.2, 0.25) is 0 Å². The lowest BCUT2D eigenvalue weighted by Crippen LogP contribution is -2.23. The molecule has 128 valence electrons. The fourth-order valence-corrected chi connectivity index (χ4v) is 3.22. The van der Waals surface area contributed by atoms with Gasteiger partial charge in [0.15, 0.2) is 0 Å². The Hall–Kier alpha value is -2.26. The van der Waals surface area contributed by atoms with E-state index >= 15 is 0 Å². The second-order valence-electron chi connectivity index (χ2n) is 5.02. The molecule has 2 N–H and O–H groups in total. The van der Waals surface area contributed by atoms with Crippen molar-refractivity contribution in [2.24, 2.45) is 0 Å². The zero-order valence-corrected chi connectivity index (χ0v) is 15.6. The van der Waals surface area contributed by atoms with Crippen molar-refractivity contribution in [1.29, 1.82) is 0 Å². The minimum atomic E-state index is -0.570. The van der Waals surface area contributed by atoms with E-state index in [2.05, 4.69) is 47.3 Å². The molecule has 6 nitrogen and oxygen atoms in total. The van der Waals surface area contributed by atoms with E-state index < -0.39 is 5.91 Å². The Morgan fingerprint density at radius 3 is 2.64 bits per heavy atom. The van der Waals surface area contributed by atoms with Gasteiger partial charge >= 0.3 is 11.8 Å². The summed E-state index contributed by atoms with van der Waals surface area (Å²) in [5.74, 6) is -0.931. The molecule has 3 rings (SSSR count). The monoisotopic (exact) mass is 469 g/mol. The maximum absolute atomic E-state index is 13.1. The average Bonchev–Trinajstić information content (AvgIpc) is 3.07. The molecule has 0 radical (unpaired) electrons. The van der Waals surface area contributed by atoms with Crippen LogP contribution in [0.3, 0.4) is 0 Å². The third-order valence-electron chi connectivity index (χ3n) is 3.24. The molecule has 0 aliphatic heterocycles. The highest BCUT2D eigenvalue weighted by Crippen LogP contribution is 2.36. The summed E-state index contributed by atoms with van der Waals surface area (Å²) in [5, 5.41) is 16.1. The number of hydrogen-bond donors (Lipinski definition) is 2. The third kappa shape index (κ3) is 4.05. The van der Waals surface area contributed by atoms with Crippen molar-refractivity contribution in [3.05, 3.63) is 62.6 Å². The molecule has 1 aromatic heterocycles. The summed E-state index contributed by atoms with van der Waals surface area (Å²) in [6.45, 7) is 0.130. The Morgan fingerprint density at radius 1 is 1.24 bits per heavy atom. The number of phenolic OH excluding ortho intramolecular Hbond substituents is 1. The summed E-state index contributed by atoms with van der Waals surface area (Å²) in [5.41, 5.74) is 1.16. The molecule has 3 aromatic rings. The average molecular weight is 471 g/mol. The van der Waals surface area contributed by atoms with E-state index in [1.54, 1.807) is 24.3 Å². The number of carbonyl (C=O) groups excluding carboxylic acids is 1. The number of amides is 1. The summed E-state index contributed by atoms with van der Waals surface area (Å²) in [6.07, 6.45) is 0. The van der Waals surface area contributed by atoms with Gasteiger partial charge in [0, 0.05) is 12.1 Å². The van der Waals surface area contributed by atoms with Crippen molar-refractivity contribution < 1.29 is 18.8 Å². The maximum Gasteiger partial charge on any atom is 0.316 e. The number of benzene rings is 2. The molecule has 2 aromatic carbocycles. The zero-order valence-electron chi connectivity index (χ0n) is 12.5. The van der Waals surface area contributed by atoms with Gasteiger partial charge in [0.1, 0.15) is 11.6 Å². The zero-order chi connectivity index (χ0) is 18.0.